The minimum absolute atomic E-state index is 0.0794. The summed E-state index contributed by atoms with van der Waals surface area (Å²) in [5.41, 5.74) is 8.07. The molecule has 0 atom stereocenters. The van der Waals surface area contributed by atoms with Crippen LogP contribution in [0.4, 0.5) is 11.4 Å². The number of unbranched alkanes of at least 4 members (excludes halogenated alkanes) is 2. The summed E-state index contributed by atoms with van der Waals surface area (Å²) < 4.78 is 49.2. The van der Waals surface area contributed by atoms with Gasteiger partial charge in [-0.05, 0) is 82.9 Å². The molecule has 13 heteroatoms. The molecule has 1 aromatic heterocycles. The van der Waals surface area contributed by atoms with E-state index in [0.29, 0.717) is 37.1 Å². The lowest BCUT2D eigenvalue weighted by molar-refractivity contribution is -0.438. The van der Waals surface area contributed by atoms with E-state index >= 15 is 0 Å². The highest BCUT2D eigenvalue weighted by molar-refractivity contribution is 7.85. The van der Waals surface area contributed by atoms with Crippen LogP contribution in [0.2, 0.25) is 0 Å². The fraction of sp³-hybridized carbons (Fsp3) is 0.306. The molecule has 3 aromatic carbocycles. The average Bonchev–Trinajstić information content (AvgIpc) is 3.65. The van der Waals surface area contributed by atoms with Crippen LogP contribution < -0.4 is 14.5 Å². The number of aromatic nitrogens is 1. The van der Waals surface area contributed by atoms with Crippen LogP contribution in [0.15, 0.2) is 120 Å². The Morgan fingerprint density at radius 2 is 1.65 bits per heavy atom. The van der Waals surface area contributed by atoms with Crippen LogP contribution in [0.25, 0.3) is 16.9 Å². The molecule has 3 aliphatic heterocycles. The molecule has 7 rings (SSSR count). The predicted octanol–water partition coefficient (Wildman–Crippen LogP) is 9.02. The molecule has 0 radical (unpaired) electrons. The van der Waals surface area contributed by atoms with E-state index in [1.165, 1.54) is 29.8 Å². The van der Waals surface area contributed by atoms with Gasteiger partial charge in [-0.15, -0.1) is 4.73 Å². The molecular weight excluding hydrogens is 807 g/mol. The van der Waals surface area contributed by atoms with Crippen molar-refractivity contribution < 1.29 is 46.9 Å². The second kappa shape index (κ2) is 17.7. The number of rotatable bonds is 15. The molecule has 0 unspecified atom stereocenters. The van der Waals surface area contributed by atoms with Gasteiger partial charge in [0.15, 0.2) is 5.71 Å². The maximum Gasteiger partial charge on any atom is 0.333 e. The summed E-state index contributed by atoms with van der Waals surface area (Å²) >= 11 is 0. The monoisotopic (exact) mass is 860 g/mol. The Balaban J connectivity index is 1.16. The van der Waals surface area contributed by atoms with Gasteiger partial charge >= 0.3 is 5.97 Å². The van der Waals surface area contributed by atoms with Gasteiger partial charge in [0.2, 0.25) is 17.4 Å². The highest BCUT2D eigenvalue weighted by Crippen LogP contribution is 2.47. The number of allylic oxidation sites excluding steroid dienone is 8. The van der Waals surface area contributed by atoms with Gasteiger partial charge in [0.1, 0.15) is 18.1 Å². The Hall–Kier alpha value is -6.15. The van der Waals surface area contributed by atoms with Crippen LogP contribution in [0.5, 0.6) is 17.5 Å². The van der Waals surface area contributed by atoms with Crippen molar-refractivity contribution in [3.05, 3.63) is 138 Å². The fourth-order valence-electron chi connectivity index (χ4n) is 8.54. The molecule has 3 aliphatic rings. The standard InChI is InChI=1S/C49H53N3O9S/c1-33-32-48(2,3)51(26-27-59-6)41-31-43-38(30-37(33)41)35(28-42(60-43)34-16-10-7-11-17-34)18-12-8-13-19-44-49(4,5)39-29-36(62(56,57)58)21-22-40(39)50(44)25-15-9-14-20-47(55)61-52-45(53)23-24-46(52)54/h7-8,10-13,16-19,21-24,28-32H,9,14-15,20,25-27H2,1-6H3,(H2-,53,54,56,57,58)/p+1. The molecule has 0 fully saturated rings. The van der Waals surface area contributed by atoms with E-state index in [1.807, 2.05) is 68.5 Å². The molecule has 3 N–H and O–H groups in total. The number of aromatic hydroxyl groups is 2. The Kier molecular flexibility index (Phi) is 12.5. The number of methoxy groups -OCH3 is 1. The first-order chi connectivity index (χ1) is 29.5. The number of fused-ring (bicyclic) bond motifs is 3. The molecule has 0 saturated heterocycles. The normalized spacial score (nSPS) is 17.2. The maximum atomic E-state index is 12.4. The zero-order valence-electron chi connectivity index (χ0n) is 36.0. The summed E-state index contributed by atoms with van der Waals surface area (Å²) in [6.07, 6.45) is 16.4. The van der Waals surface area contributed by atoms with Crippen molar-refractivity contribution in [2.24, 2.45) is 0 Å². The lowest BCUT2D eigenvalue weighted by atomic mass is 9.81. The molecule has 4 heterocycles. The van der Waals surface area contributed by atoms with E-state index in [1.54, 1.807) is 13.2 Å². The van der Waals surface area contributed by atoms with E-state index in [9.17, 15) is 28.0 Å². The number of hydrogen-bond acceptors (Lipinski definition) is 9. The van der Waals surface area contributed by atoms with Crippen LogP contribution in [0.3, 0.4) is 0 Å². The first-order valence-electron chi connectivity index (χ1n) is 20.7. The third-order valence-corrected chi connectivity index (χ3v) is 12.5. The largest absolute Gasteiger partial charge is 0.492 e. The van der Waals surface area contributed by atoms with Crippen molar-refractivity contribution in [3.63, 3.8) is 0 Å². The average molecular weight is 861 g/mol. The van der Waals surface area contributed by atoms with Gasteiger partial charge in [-0.3, -0.25) is 4.55 Å². The van der Waals surface area contributed by atoms with Crippen molar-refractivity contribution >= 4 is 50.1 Å². The van der Waals surface area contributed by atoms with Crippen molar-refractivity contribution in [2.75, 3.05) is 31.7 Å². The number of carbonyl (C=O) groups is 1. The number of anilines is 1. The van der Waals surface area contributed by atoms with E-state index < -0.39 is 21.5 Å². The highest BCUT2D eigenvalue weighted by Gasteiger charge is 2.45. The van der Waals surface area contributed by atoms with Crippen molar-refractivity contribution in [3.8, 4) is 17.5 Å². The molecular formula is C49H54N3O9S+. The first-order valence-corrected chi connectivity index (χ1v) is 22.2. The quantitative estimate of drug-likeness (QED) is 0.0457. The van der Waals surface area contributed by atoms with Crippen LogP contribution in [-0.2, 0) is 25.1 Å². The first kappa shape index (κ1) is 43.9. The van der Waals surface area contributed by atoms with Gasteiger partial charge < -0.3 is 29.4 Å². The van der Waals surface area contributed by atoms with E-state index in [4.69, 9.17) is 14.3 Å². The molecule has 0 saturated carbocycles. The van der Waals surface area contributed by atoms with Crippen molar-refractivity contribution in [2.45, 2.75) is 76.2 Å². The topological polar surface area (TPSA) is 151 Å². The van der Waals surface area contributed by atoms with Gasteiger partial charge in [-0.25, -0.2) is 4.79 Å². The number of hydrogen-bond donors (Lipinski definition) is 3. The van der Waals surface area contributed by atoms with E-state index in [0.717, 1.165) is 63.0 Å². The lowest BCUT2D eigenvalue weighted by Crippen LogP contribution is -2.46. The number of benzene rings is 3. The molecule has 0 aliphatic carbocycles. The van der Waals surface area contributed by atoms with Gasteiger partial charge in [-0.2, -0.15) is 13.0 Å². The third-order valence-electron chi connectivity index (χ3n) is 11.6. The lowest BCUT2D eigenvalue weighted by Gasteiger charge is -2.43. The van der Waals surface area contributed by atoms with Crippen molar-refractivity contribution in [1.82, 2.24) is 4.73 Å². The third kappa shape index (κ3) is 9.06. The van der Waals surface area contributed by atoms with Gasteiger partial charge in [0, 0.05) is 84.8 Å². The fourth-order valence-corrected chi connectivity index (χ4v) is 9.05. The minimum atomic E-state index is -4.43. The second-order valence-corrected chi connectivity index (χ2v) is 18.2. The molecule has 62 heavy (non-hydrogen) atoms. The Bertz CT molecular complexity index is 2660. The predicted molar refractivity (Wildman–Crippen MR) is 242 cm³/mol. The number of nitrogens with zero attached hydrogens (tertiary/aromatic N) is 3. The Morgan fingerprint density at radius 3 is 2.35 bits per heavy atom. The molecule has 0 bridgehead atoms. The van der Waals surface area contributed by atoms with E-state index in [-0.39, 0.29) is 28.6 Å². The number of carbonyl (C=O) groups excluding carboxylic acids is 1. The zero-order chi connectivity index (χ0) is 44.4. The highest BCUT2D eigenvalue weighted by atomic mass is 32.2. The Labute approximate surface area is 363 Å². The maximum absolute atomic E-state index is 12.4. The zero-order valence-corrected chi connectivity index (χ0v) is 36.8. The molecule has 4 aromatic rings. The molecule has 0 spiro atoms. The second-order valence-electron chi connectivity index (χ2n) is 16.8. The minimum Gasteiger partial charge on any atom is -0.492 e. The summed E-state index contributed by atoms with van der Waals surface area (Å²) in [6, 6.07) is 21.5. The van der Waals surface area contributed by atoms with Crippen LogP contribution in [-0.4, -0.2) is 76.5 Å². The summed E-state index contributed by atoms with van der Waals surface area (Å²) in [6.45, 7) is 12.5. The molecule has 0 amide bonds. The molecule has 324 valence electrons. The van der Waals surface area contributed by atoms with Gasteiger partial charge in [0.25, 0.3) is 10.1 Å². The SMILES string of the molecule is COCCN1c2cc3c(cc2C(C)=CC1(C)C)C(=CC=CC=CC1=[N+](CCCCCC(=O)On2c(O)ccc2O)c2ccc(S(=O)(=O)O)cc2C1(C)C)C=C(c1ccccc1)O3. The van der Waals surface area contributed by atoms with Crippen LogP contribution >= 0.6 is 0 Å². The summed E-state index contributed by atoms with van der Waals surface area (Å²) in [7, 11) is -2.71. The van der Waals surface area contributed by atoms with E-state index in [2.05, 4.69) is 60.6 Å². The number of ether oxygens (including phenoxy) is 2. The van der Waals surface area contributed by atoms with Crippen LogP contribution in [0.1, 0.15) is 82.6 Å². The van der Waals surface area contributed by atoms with Gasteiger partial charge in [0.05, 0.1) is 22.5 Å². The summed E-state index contributed by atoms with van der Waals surface area (Å²) in [5.74, 6) is 0.164. The van der Waals surface area contributed by atoms with Gasteiger partial charge in [-0.1, -0.05) is 60.7 Å². The van der Waals surface area contributed by atoms with Crippen LogP contribution in [0, 0.1) is 0 Å². The smallest absolute Gasteiger partial charge is 0.333 e. The van der Waals surface area contributed by atoms with Crippen molar-refractivity contribution in [1.29, 1.82) is 0 Å². The Morgan fingerprint density at radius 1 is 0.903 bits per heavy atom. The summed E-state index contributed by atoms with van der Waals surface area (Å²) in [4.78, 5) is 19.7. The summed E-state index contributed by atoms with van der Waals surface area (Å²) in [5, 5.41) is 19.6. The molecule has 12 nitrogen and oxygen atoms in total.